The number of benzene rings is 2. The third kappa shape index (κ3) is 3.49. The van der Waals surface area contributed by atoms with Crippen LogP contribution < -0.4 is 5.32 Å². The van der Waals surface area contributed by atoms with Crippen LogP contribution in [-0.2, 0) is 6.54 Å². The van der Waals surface area contributed by atoms with Gasteiger partial charge in [0, 0.05) is 16.6 Å². The van der Waals surface area contributed by atoms with Crippen LogP contribution in [-0.4, -0.2) is 26.1 Å². The number of aromatic nitrogens is 4. The first kappa shape index (κ1) is 15.5. The Bertz CT molecular complexity index is 836. The lowest BCUT2D eigenvalue weighted by Crippen LogP contribution is -2.24. The van der Waals surface area contributed by atoms with E-state index in [0.717, 1.165) is 5.56 Å². The standard InChI is InChI=1S/C15H11Cl2N5O/c16-11-5-6-12(14(7-11)22-9-19-20-21-22)15(23)18-8-10-3-1-2-4-13(10)17/h1-7,9H,8H2,(H,18,23). The van der Waals surface area contributed by atoms with Gasteiger partial charge in [-0.25, -0.2) is 0 Å². The summed E-state index contributed by atoms with van der Waals surface area (Å²) in [6.45, 7) is 0.316. The van der Waals surface area contributed by atoms with Gasteiger partial charge in [0.2, 0.25) is 0 Å². The van der Waals surface area contributed by atoms with E-state index in [-0.39, 0.29) is 5.91 Å². The number of carbonyl (C=O) groups excluding carboxylic acids is 1. The molecule has 0 radical (unpaired) electrons. The summed E-state index contributed by atoms with van der Waals surface area (Å²) in [5.41, 5.74) is 1.74. The monoisotopic (exact) mass is 347 g/mol. The summed E-state index contributed by atoms with van der Waals surface area (Å²) in [4.78, 5) is 12.5. The summed E-state index contributed by atoms with van der Waals surface area (Å²) in [6.07, 6.45) is 1.40. The van der Waals surface area contributed by atoms with Crippen LogP contribution in [0.5, 0.6) is 0 Å². The van der Waals surface area contributed by atoms with Gasteiger partial charge in [0.15, 0.2) is 0 Å². The Labute approximate surface area is 142 Å². The molecule has 6 nitrogen and oxygen atoms in total. The second-order valence-electron chi connectivity index (χ2n) is 4.69. The Balaban J connectivity index is 1.84. The van der Waals surface area contributed by atoms with Gasteiger partial charge in [0.25, 0.3) is 5.91 Å². The van der Waals surface area contributed by atoms with Gasteiger partial charge >= 0.3 is 0 Å². The molecule has 0 aliphatic carbocycles. The lowest BCUT2D eigenvalue weighted by molar-refractivity contribution is 0.0951. The Kier molecular flexibility index (Phi) is 4.55. The minimum atomic E-state index is -0.271. The first-order valence-electron chi connectivity index (χ1n) is 6.69. The summed E-state index contributed by atoms with van der Waals surface area (Å²) >= 11 is 12.1. The van der Waals surface area contributed by atoms with Gasteiger partial charge in [-0.3, -0.25) is 4.79 Å². The number of nitrogens with one attached hydrogen (secondary N) is 1. The van der Waals surface area contributed by atoms with Gasteiger partial charge in [0.1, 0.15) is 6.33 Å². The molecule has 2 aromatic carbocycles. The van der Waals surface area contributed by atoms with Gasteiger partial charge in [-0.05, 0) is 40.3 Å². The largest absolute Gasteiger partial charge is 0.348 e. The van der Waals surface area contributed by atoms with Crippen LogP contribution in [0.15, 0.2) is 48.8 Å². The first-order chi connectivity index (χ1) is 11.1. The average Bonchev–Trinajstić information content (AvgIpc) is 3.08. The van der Waals surface area contributed by atoms with Crippen molar-refractivity contribution in [1.29, 1.82) is 0 Å². The molecular weight excluding hydrogens is 337 g/mol. The Morgan fingerprint density at radius 1 is 1.17 bits per heavy atom. The van der Waals surface area contributed by atoms with E-state index < -0.39 is 0 Å². The van der Waals surface area contributed by atoms with Crippen molar-refractivity contribution in [3.63, 3.8) is 0 Å². The highest BCUT2D eigenvalue weighted by Crippen LogP contribution is 2.20. The normalized spacial score (nSPS) is 10.5. The molecule has 1 heterocycles. The van der Waals surface area contributed by atoms with Crippen LogP contribution in [0.25, 0.3) is 5.69 Å². The molecular formula is C15H11Cl2N5O. The van der Waals surface area contributed by atoms with E-state index in [2.05, 4.69) is 20.8 Å². The SMILES string of the molecule is O=C(NCc1ccccc1Cl)c1ccc(Cl)cc1-n1cnnn1. The zero-order chi connectivity index (χ0) is 16.2. The minimum absolute atomic E-state index is 0.271. The maximum absolute atomic E-state index is 12.5. The molecule has 0 bridgehead atoms. The highest BCUT2D eigenvalue weighted by molar-refractivity contribution is 6.31. The van der Waals surface area contributed by atoms with Crippen molar-refractivity contribution in [3.05, 3.63) is 70.0 Å². The quantitative estimate of drug-likeness (QED) is 0.787. The molecule has 3 rings (SSSR count). The zero-order valence-electron chi connectivity index (χ0n) is 11.8. The van der Waals surface area contributed by atoms with Crippen molar-refractivity contribution in [2.24, 2.45) is 0 Å². The molecule has 3 aromatic rings. The Morgan fingerprint density at radius 2 is 2.00 bits per heavy atom. The van der Waals surface area contributed by atoms with Crippen LogP contribution in [0.3, 0.4) is 0 Å². The molecule has 0 spiro atoms. The molecule has 23 heavy (non-hydrogen) atoms. The molecule has 1 aromatic heterocycles. The molecule has 8 heteroatoms. The highest BCUT2D eigenvalue weighted by atomic mass is 35.5. The van der Waals surface area contributed by atoms with Gasteiger partial charge in [0.05, 0.1) is 11.3 Å². The second-order valence-corrected chi connectivity index (χ2v) is 5.53. The predicted molar refractivity (Wildman–Crippen MR) is 86.8 cm³/mol. The molecule has 1 N–H and O–H groups in total. The summed E-state index contributed by atoms with van der Waals surface area (Å²) in [6, 6.07) is 12.2. The number of nitrogens with zero attached hydrogens (tertiary/aromatic N) is 4. The third-order valence-electron chi connectivity index (χ3n) is 3.20. The topological polar surface area (TPSA) is 72.7 Å². The van der Waals surface area contributed by atoms with Gasteiger partial charge in [-0.2, -0.15) is 4.68 Å². The number of hydrogen-bond donors (Lipinski definition) is 1. The van der Waals surface area contributed by atoms with Crippen LogP contribution in [0, 0.1) is 0 Å². The van der Waals surface area contributed by atoms with Gasteiger partial charge in [-0.1, -0.05) is 41.4 Å². The molecule has 0 saturated carbocycles. The number of hydrogen-bond acceptors (Lipinski definition) is 4. The van der Waals surface area contributed by atoms with Crippen molar-refractivity contribution < 1.29 is 4.79 Å². The van der Waals surface area contributed by atoms with E-state index in [1.165, 1.54) is 11.0 Å². The molecule has 0 saturated heterocycles. The molecule has 0 fully saturated rings. The van der Waals surface area contributed by atoms with Crippen LogP contribution >= 0.6 is 23.2 Å². The molecule has 0 aliphatic heterocycles. The fourth-order valence-corrected chi connectivity index (χ4v) is 2.44. The minimum Gasteiger partial charge on any atom is -0.348 e. The van der Waals surface area contributed by atoms with Crippen LogP contribution in [0.2, 0.25) is 10.0 Å². The van der Waals surface area contributed by atoms with Crippen molar-refractivity contribution in [3.8, 4) is 5.69 Å². The number of carbonyl (C=O) groups is 1. The smallest absolute Gasteiger partial charge is 0.253 e. The van der Waals surface area contributed by atoms with Crippen molar-refractivity contribution in [2.75, 3.05) is 0 Å². The fraction of sp³-hybridized carbons (Fsp3) is 0.0667. The van der Waals surface area contributed by atoms with E-state index in [9.17, 15) is 4.79 Å². The van der Waals surface area contributed by atoms with E-state index in [1.807, 2.05) is 18.2 Å². The average molecular weight is 348 g/mol. The van der Waals surface area contributed by atoms with Crippen molar-refractivity contribution in [2.45, 2.75) is 6.54 Å². The van der Waals surface area contributed by atoms with E-state index in [4.69, 9.17) is 23.2 Å². The summed E-state index contributed by atoms with van der Waals surface area (Å²) < 4.78 is 1.39. The fourth-order valence-electron chi connectivity index (χ4n) is 2.07. The lowest BCUT2D eigenvalue weighted by atomic mass is 10.1. The number of rotatable bonds is 4. The highest BCUT2D eigenvalue weighted by Gasteiger charge is 2.14. The molecule has 0 atom stereocenters. The molecule has 0 unspecified atom stereocenters. The van der Waals surface area contributed by atoms with Crippen molar-refractivity contribution >= 4 is 29.1 Å². The lowest BCUT2D eigenvalue weighted by Gasteiger charge is -2.10. The number of amides is 1. The maximum Gasteiger partial charge on any atom is 0.253 e. The van der Waals surface area contributed by atoms with Crippen molar-refractivity contribution in [1.82, 2.24) is 25.5 Å². The zero-order valence-corrected chi connectivity index (χ0v) is 13.3. The van der Waals surface area contributed by atoms with Crippen LogP contribution in [0.4, 0.5) is 0 Å². The maximum atomic E-state index is 12.5. The summed E-state index contributed by atoms with van der Waals surface area (Å²) in [7, 11) is 0. The number of tetrazole rings is 1. The Hall–Kier alpha value is -2.44. The van der Waals surface area contributed by atoms with E-state index in [0.29, 0.717) is 27.8 Å². The van der Waals surface area contributed by atoms with Crippen LogP contribution in [0.1, 0.15) is 15.9 Å². The second kappa shape index (κ2) is 6.76. The third-order valence-corrected chi connectivity index (χ3v) is 3.80. The summed E-state index contributed by atoms with van der Waals surface area (Å²) in [5.74, 6) is -0.271. The molecule has 1 amide bonds. The molecule has 116 valence electrons. The van der Waals surface area contributed by atoms with E-state index in [1.54, 1.807) is 24.3 Å². The number of halogens is 2. The first-order valence-corrected chi connectivity index (χ1v) is 7.45. The van der Waals surface area contributed by atoms with Gasteiger partial charge < -0.3 is 5.32 Å². The van der Waals surface area contributed by atoms with Gasteiger partial charge in [-0.15, -0.1) is 5.10 Å². The summed E-state index contributed by atoms with van der Waals surface area (Å²) in [5, 5.41) is 14.9. The molecule has 0 aliphatic rings. The Morgan fingerprint density at radius 3 is 2.74 bits per heavy atom. The predicted octanol–water partition coefficient (Wildman–Crippen LogP) is 2.90. The van der Waals surface area contributed by atoms with E-state index >= 15 is 0 Å².